The molecule has 2 fully saturated rings. The highest BCUT2D eigenvalue weighted by Crippen LogP contribution is 2.22. The maximum absolute atomic E-state index is 12.0. The number of likely N-dealkylation sites (tertiary alicyclic amines) is 1. The Kier molecular flexibility index (Phi) is 6.96. The second kappa shape index (κ2) is 9.41. The first kappa shape index (κ1) is 18.5. The van der Waals surface area contributed by atoms with Gasteiger partial charge in [-0.1, -0.05) is 23.7 Å². The molecule has 0 aliphatic carbocycles. The zero-order chi connectivity index (χ0) is 17.5. The highest BCUT2D eigenvalue weighted by Gasteiger charge is 2.26. The first-order chi connectivity index (χ1) is 12.2. The van der Waals surface area contributed by atoms with Crippen LogP contribution in [0.1, 0.15) is 31.2 Å². The number of carbonyl (C=O) groups excluding carboxylic acids is 1. The Morgan fingerprint density at radius 1 is 1.08 bits per heavy atom. The van der Waals surface area contributed by atoms with Crippen LogP contribution in [0.5, 0.6) is 0 Å². The van der Waals surface area contributed by atoms with Gasteiger partial charge in [-0.15, -0.1) is 0 Å². The van der Waals surface area contributed by atoms with Crippen LogP contribution in [0, 0.1) is 5.92 Å². The fourth-order valence-corrected chi connectivity index (χ4v) is 3.78. The summed E-state index contributed by atoms with van der Waals surface area (Å²) in [6, 6.07) is 8.13. The van der Waals surface area contributed by atoms with Crippen LogP contribution < -0.4 is 10.6 Å². The van der Waals surface area contributed by atoms with Crippen molar-refractivity contribution in [2.45, 2.75) is 38.3 Å². The summed E-state index contributed by atoms with van der Waals surface area (Å²) in [5, 5.41) is 6.62. The highest BCUT2D eigenvalue weighted by molar-refractivity contribution is 6.30. The van der Waals surface area contributed by atoms with E-state index >= 15 is 0 Å². The molecule has 3 rings (SSSR count). The standard InChI is InChI=1S/C19H28ClN3O2/c20-17-3-1-15(2-4-17)13-21-19(24)22-14-16-5-9-23(10-6-16)18-7-11-25-12-8-18/h1-4,16,18H,5-14H2,(H2,21,22,24). The molecule has 0 saturated carbocycles. The molecule has 1 aromatic carbocycles. The number of carbonyl (C=O) groups is 1. The smallest absolute Gasteiger partial charge is 0.315 e. The number of rotatable bonds is 5. The Hall–Kier alpha value is -1.30. The quantitative estimate of drug-likeness (QED) is 0.843. The Bertz CT molecular complexity index is 538. The van der Waals surface area contributed by atoms with Gasteiger partial charge in [-0.05, 0) is 62.4 Å². The van der Waals surface area contributed by atoms with Crippen molar-refractivity contribution in [3.8, 4) is 0 Å². The summed E-state index contributed by atoms with van der Waals surface area (Å²) in [6.07, 6.45) is 4.65. The summed E-state index contributed by atoms with van der Waals surface area (Å²) in [4.78, 5) is 14.6. The average molecular weight is 366 g/mol. The molecule has 2 N–H and O–H groups in total. The van der Waals surface area contributed by atoms with Crippen molar-refractivity contribution in [3.63, 3.8) is 0 Å². The molecule has 0 bridgehead atoms. The van der Waals surface area contributed by atoms with Gasteiger partial charge in [-0.25, -0.2) is 4.79 Å². The van der Waals surface area contributed by atoms with Crippen LogP contribution in [-0.4, -0.2) is 49.8 Å². The molecule has 2 aliphatic rings. The monoisotopic (exact) mass is 365 g/mol. The molecule has 25 heavy (non-hydrogen) atoms. The number of halogens is 1. The molecule has 2 heterocycles. The molecule has 2 amide bonds. The van der Waals surface area contributed by atoms with E-state index in [0.29, 0.717) is 23.5 Å². The van der Waals surface area contributed by atoms with Gasteiger partial charge < -0.3 is 20.3 Å². The van der Waals surface area contributed by atoms with E-state index in [0.717, 1.165) is 64.1 Å². The van der Waals surface area contributed by atoms with Crippen LogP contribution in [0.25, 0.3) is 0 Å². The molecule has 0 unspecified atom stereocenters. The zero-order valence-corrected chi connectivity index (χ0v) is 15.4. The summed E-state index contributed by atoms with van der Waals surface area (Å²) < 4.78 is 5.45. The van der Waals surface area contributed by atoms with E-state index in [1.807, 2.05) is 24.3 Å². The molecular formula is C19H28ClN3O2. The summed E-state index contributed by atoms with van der Waals surface area (Å²) in [5.74, 6) is 0.581. The number of hydrogen-bond acceptors (Lipinski definition) is 3. The van der Waals surface area contributed by atoms with E-state index in [-0.39, 0.29) is 6.03 Å². The molecule has 1 aromatic rings. The number of urea groups is 1. The van der Waals surface area contributed by atoms with Crippen molar-refractivity contribution in [1.82, 2.24) is 15.5 Å². The first-order valence-electron chi connectivity index (χ1n) is 9.28. The summed E-state index contributed by atoms with van der Waals surface area (Å²) in [5.41, 5.74) is 1.05. The van der Waals surface area contributed by atoms with Gasteiger partial charge >= 0.3 is 6.03 Å². The molecule has 2 aliphatic heterocycles. The average Bonchev–Trinajstić information content (AvgIpc) is 2.67. The van der Waals surface area contributed by atoms with Gasteiger partial charge in [0.2, 0.25) is 0 Å². The summed E-state index contributed by atoms with van der Waals surface area (Å²) in [6.45, 7) is 5.37. The number of piperidine rings is 1. The van der Waals surface area contributed by atoms with Gasteiger partial charge in [-0.2, -0.15) is 0 Å². The number of hydrogen-bond donors (Lipinski definition) is 2. The molecule has 6 heteroatoms. The Balaban J connectivity index is 1.31. The fraction of sp³-hybridized carbons (Fsp3) is 0.632. The molecule has 138 valence electrons. The lowest BCUT2D eigenvalue weighted by molar-refractivity contribution is 0.0213. The lowest BCUT2D eigenvalue weighted by Crippen LogP contribution is -2.46. The summed E-state index contributed by atoms with van der Waals surface area (Å²) >= 11 is 5.86. The lowest BCUT2D eigenvalue weighted by Gasteiger charge is -2.39. The van der Waals surface area contributed by atoms with E-state index in [9.17, 15) is 4.79 Å². The van der Waals surface area contributed by atoms with E-state index in [4.69, 9.17) is 16.3 Å². The van der Waals surface area contributed by atoms with Crippen molar-refractivity contribution in [3.05, 3.63) is 34.9 Å². The minimum absolute atomic E-state index is 0.0955. The predicted octanol–water partition coefficient (Wildman–Crippen LogP) is 3.03. The Labute approximate surface area is 155 Å². The zero-order valence-electron chi connectivity index (χ0n) is 14.7. The number of benzene rings is 1. The first-order valence-corrected chi connectivity index (χ1v) is 9.66. The van der Waals surface area contributed by atoms with E-state index in [1.54, 1.807) is 0 Å². The van der Waals surface area contributed by atoms with Crippen LogP contribution in [0.2, 0.25) is 5.02 Å². The summed E-state index contributed by atoms with van der Waals surface area (Å²) in [7, 11) is 0. The molecule has 0 radical (unpaired) electrons. The van der Waals surface area contributed by atoms with Crippen molar-refractivity contribution in [2.24, 2.45) is 5.92 Å². The maximum Gasteiger partial charge on any atom is 0.315 e. The third kappa shape index (κ3) is 5.87. The maximum atomic E-state index is 12.0. The lowest BCUT2D eigenvalue weighted by atomic mass is 9.94. The number of amides is 2. The van der Waals surface area contributed by atoms with Gasteiger partial charge in [0, 0.05) is 37.4 Å². The van der Waals surface area contributed by atoms with Gasteiger partial charge in [0.1, 0.15) is 0 Å². The second-order valence-corrected chi connectivity index (χ2v) is 7.45. The topological polar surface area (TPSA) is 53.6 Å². The fourth-order valence-electron chi connectivity index (χ4n) is 3.66. The third-order valence-corrected chi connectivity index (χ3v) is 5.53. The SMILES string of the molecule is O=C(NCc1ccc(Cl)cc1)NCC1CCN(C2CCOCC2)CC1. The van der Waals surface area contributed by atoms with Crippen LogP contribution >= 0.6 is 11.6 Å². The molecule has 0 aromatic heterocycles. The Morgan fingerprint density at radius 3 is 2.44 bits per heavy atom. The van der Waals surface area contributed by atoms with Crippen LogP contribution in [0.4, 0.5) is 4.79 Å². The van der Waals surface area contributed by atoms with E-state index in [2.05, 4.69) is 15.5 Å². The normalized spacial score (nSPS) is 20.4. The van der Waals surface area contributed by atoms with Crippen molar-refractivity contribution >= 4 is 17.6 Å². The van der Waals surface area contributed by atoms with E-state index in [1.165, 1.54) is 0 Å². The minimum Gasteiger partial charge on any atom is -0.381 e. The number of nitrogens with zero attached hydrogens (tertiary/aromatic N) is 1. The number of ether oxygens (including phenoxy) is 1. The molecule has 2 saturated heterocycles. The molecule has 0 atom stereocenters. The Morgan fingerprint density at radius 2 is 1.76 bits per heavy atom. The second-order valence-electron chi connectivity index (χ2n) is 7.01. The van der Waals surface area contributed by atoms with E-state index < -0.39 is 0 Å². The van der Waals surface area contributed by atoms with Gasteiger partial charge in [-0.3, -0.25) is 0 Å². The number of nitrogens with one attached hydrogen (secondary N) is 2. The largest absolute Gasteiger partial charge is 0.381 e. The van der Waals surface area contributed by atoms with Crippen molar-refractivity contribution in [2.75, 3.05) is 32.8 Å². The van der Waals surface area contributed by atoms with Gasteiger partial charge in [0.15, 0.2) is 0 Å². The van der Waals surface area contributed by atoms with Gasteiger partial charge in [0.25, 0.3) is 0 Å². The third-order valence-electron chi connectivity index (χ3n) is 5.27. The van der Waals surface area contributed by atoms with Crippen molar-refractivity contribution < 1.29 is 9.53 Å². The highest BCUT2D eigenvalue weighted by atomic mass is 35.5. The predicted molar refractivity (Wildman–Crippen MR) is 99.8 cm³/mol. The molecular weight excluding hydrogens is 338 g/mol. The van der Waals surface area contributed by atoms with Crippen LogP contribution in [-0.2, 0) is 11.3 Å². The van der Waals surface area contributed by atoms with Crippen LogP contribution in [0.15, 0.2) is 24.3 Å². The minimum atomic E-state index is -0.0955. The van der Waals surface area contributed by atoms with Crippen LogP contribution in [0.3, 0.4) is 0 Å². The van der Waals surface area contributed by atoms with Crippen molar-refractivity contribution in [1.29, 1.82) is 0 Å². The molecule has 0 spiro atoms. The van der Waals surface area contributed by atoms with Gasteiger partial charge in [0.05, 0.1) is 0 Å². The molecule has 5 nitrogen and oxygen atoms in total.